The highest BCUT2D eigenvalue weighted by atomic mass is 35.5. The van der Waals surface area contributed by atoms with Gasteiger partial charge in [-0.3, -0.25) is 15.1 Å². The molecule has 0 spiro atoms. The number of carbonyl (C=O) groups is 1. The number of hydroxylamine groups is 1. The van der Waals surface area contributed by atoms with Crippen molar-refractivity contribution in [3.05, 3.63) is 114 Å². The fourth-order valence-electron chi connectivity index (χ4n) is 2.63. The van der Waals surface area contributed by atoms with E-state index >= 15 is 0 Å². The van der Waals surface area contributed by atoms with Crippen LogP contribution in [0.4, 0.5) is 0 Å². The molecule has 0 aromatic heterocycles. The first kappa shape index (κ1) is 26.4. The van der Waals surface area contributed by atoms with Crippen LogP contribution in [-0.4, -0.2) is 12.0 Å². The van der Waals surface area contributed by atoms with Crippen molar-refractivity contribution in [2.45, 2.75) is 13.2 Å². The summed E-state index contributed by atoms with van der Waals surface area (Å²) in [5, 5.41) is 6.36. The average Bonchev–Trinajstić information content (AvgIpc) is 2.80. The molecule has 0 saturated heterocycles. The lowest BCUT2D eigenvalue weighted by molar-refractivity contribution is 0.0570. The van der Waals surface area contributed by atoms with E-state index in [0.29, 0.717) is 36.2 Å². The smallest absolute Gasteiger partial charge is 0.196 e. The number of halogens is 5. The maximum Gasteiger partial charge on any atom is 0.196 e. The monoisotopic (exact) mass is 556 g/mol. The molecule has 10 heteroatoms. The minimum Gasteiger partial charge on any atom is -0.391 e. The standard InChI is InChI=1S/C24H17Cl5N2O3/c25-19-5-1-15(2-6-19)24(32)18(11-30-33-13-16-3-7-20(26)9-22(16)28)12-31-34-14-17-4-8-21(27)10-23(17)29/h1-12,30H,13-14H2/b18-11-,31-12+. The van der Waals surface area contributed by atoms with Gasteiger partial charge in [-0.2, -0.15) is 0 Å². The second kappa shape index (κ2) is 13.0. The summed E-state index contributed by atoms with van der Waals surface area (Å²) in [4.78, 5) is 23.7. The lowest BCUT2D eigenvalue weighted by Crippen LogP contribution is -2.13. The molecule has 0 radical (unpaired) electrons. The molecule has 0 fully saturated rings. The quantitative estimate of drug-likeness (QED) is 0.0902. The summed E-state index contributed by atoms with van der Waals surface area (Å²) in [7, 11) is 0. The molecule has 0 amide bonds. The lowest BCUT2D eigenvalue weighted by Gasteiger charge is -2.07. The van der Waals surface area contributed by atoms with E-state index in [1.165, 1.54) is 12.4 Å². The van der Waals surface area contributed by atoms with Gasteiger partial charge in [-0.1, -0.05) is 75.3 Å². The van der Waals surface area contributed by atoms with Crippen LogP contribution in [0.5, 0.6) is 0 Å². The summed E-state index contributed by atoms with van der Waals surface area (Å²) >= 11 is 30.0. The first-order valence-electron chi connectivity index (χ1n) is 9.74. The molecule has 0 aliphatic rings. The van der Waals surface area contributed by atoms with E-state index in [-0.39, 0.29) is 24.6 Å². The van der Waals surface area contributed by atoms with E-state index in [4.69, 9.17) is 67.7 Å². The minimum absolute atomic E-state index is 0.0912. The van der Waals surface area contributed by atoms with Crippen molar-refractivity contribution in [1.29, 1.82) is 0 Å². The number of rotatable bonds is 10. The van der Waals surface area contributed by atoms with E-state index in [2.05, 4.69) is 10.6 Å². The van der Waals surface area contributed by atoms with Crippen LogP contribution in [0.1, 0.15) is 21.5 Å². The third-order valence-electron chi connectivity index (χ3n) is 4.41. The zero-order chi connectivity index (χ0) is 24.5. The molecule has 0 atom stereocenters. The number of allylic oxidation sites excluding steroid dienone is 1. The zero-order valence-corrected chi connectivity index (χ0v) is 21.2. The SMILES string of the molecule is O=C(C(=C\NOCc1ccc(Cl)cc1Cl)/C=N/OCc1ccc(Cl)cc1Cl)c1ccc(Cl)cc1. The first-order valence-corrected chi connectivity index (χ1v) is 11.6. The van der Waals surface area contributed by atoms with Crippen molar-refractivity contribution in [2.75, 3.05) is 0 Å². The van der Waals surface area contributed by atoms with Crippen LogP contribution in [0.3, 0.4) is 0 Å². The van der Waals surface area contributed by atoms with Crippen molar-refractivity contribution in [3.8, 4) is 0 Å². The normalized spacial score (nSPS) is 11.6. The van der Waals surface area contributed by atoms with Crippen molar-refractivity contribution in [1.82, 2.24) is 5.48 Å². The van der Waals surface area contributed by atoms with Gasteiger partial charge in [-0.05, 0) is 54.1 Å². The Morgan fingerprint density at radius 1 is 0.794 bits per heavy atom. The largest absolute Gasteiger partial charge is 0.391 e. The molecule has 1 N–H and O–H groups in total. The lowest BCUT2D eigenvalue weighted by atomic mass is 10.1. The fourth-order valence-corrected chi connectivity index (χ4v) is 3.68. The molecule has 3 aromatic rings. The van der Waals surface area contributed by atoms with Crippen LogP contribution in [-0.2, 0) is 22.9 Å². The number of carbonyl (C=O) groups excluding carboxylic acids is 1. The van der Waals surface area contributed by atoms with Gasteiger partial charge in [0.05, 0.1) is 11.8 Å². The predicted octanol–water partition coefficient (Wildman–Crippen LogP) is 7.94. The van der Waals surface area contributed by atoms with E-state index in [1.54, 1.807) is 60.7 Å². The molecule has 34 heavy (non-hydrogen) atoms. The molecule has 0 aliphatic heterocycles. The Bertz CT molecular complexity index is 1210. The molecule has 0 saturated carbocycles. The summed E-state index contributed by atoms with van der Waals surface area (Å²) in [6.45, 7) is 0.228. The molecule has 0 unspecified atom stereocenters. The highest BCUT2D eigenvalue weighted by Crippen LogP contribution is 2.22. The number of Topliss-reactive ketones (excluding diaryl/α,β-unsaturated/α-hetero) is 1. The Balaban J connectivity index is 1.68. The summed E-state index contributed by atoms with van der Waals surface area (Å²) in [5.74, 6) is -0.325. The van der Waals surface area contributed by atoms with Crippen LogP contribution in [0.15, 0.2) is 77.6 Å². The van der Waals surface area contributed by atoms with Gasteiger partial charge >= 0.3 is 0 Å². The summed E-state index contributed by atoms with van der Waals surface area (Å²) in [5.41, 5.74) is 4.62. The second-order valence-electron chi connectivity index (χ2n) is 6.82. The number of ketones is 1. The summed E-state index contributed by atoms with van der Waals surface area (Å²) < 4.78 is 0. The number of benzene rings is 3. The molecular formula is C24H17Cl5N2O3. The summed E-state index contributed by atoms with van der Waals surface area (Å²) in [6, 6.07) is 16.5. The van der Waals surface area contributed by atoms with Crippen molar-refractivity contribution in [2.24, 2.45) is 5.16 Å². The fraction of sp³-hybridized carbons (Fsp3) is 0.0833. The van der Waals surface area contributed by atoms with Gasteiger partial charge < -0.3 is 4.84 Å². The van der Waals surface area contributed by atoms with Crippen molar-refractivity contribution in [3.63, 3.8) is 0 Å². The Labute approximate surface area is 221 Å². The van der Waals surface area contributed by atoms with Gasteiger partial charge in [0.25, 0.3) is 0 Å². The number of hydrogen-bond donors (Lipinski definition) is 1. The molecule has 0 heterocycles. The van der Waals surface area contributed by atoms with Gasteiger partial charge in [0, 0.05) is 42.4 Å². The van der Waals surface area contributed by atoms with Gasteiger partial charge in [0.1, 0.15) is 13.2 Å². The molecule has 3 aromatic carbocycles. The van der Waals surface area contributed by atoms with Crippen molar-refractivity contribution >= 4 is 70.0 Å². The van der Waals surface area contributed by atoms with E-state index in [0.717, 1.165) is 5.56 Å². The third kappa shape index (κ3) is 7.91. The van der Waals surface area contributed by atoms with Gasteiger partial charge in [-0.15, -0.1) is 0 Å². The van der Waals surface area contributed by atoms with Gasteiger partial charge in [0.2, 0.25) is 0 Å². The molecule has 3 rings (SSSR count). The maximum atomic E-state index is 12.9. The molecule has 0 bridgehead atoms. The van der Waals surface area contributed by atoms with Gasteiger partial charge in [-0.25, -0.2) is 0 Å². The Morgan fingerprint density at radius 3 is 1.94 bits per heavy atom. The maximum absolute atomic E-state index is 12.9. The molecule has 0 aliphatic carbocycles. The molecule has 5 nitrogen and oxygen atoms in total. The summed E-state index contributed by atoms with van der Waals surface area (Å²) in [6.07, 6.45) is 2.63. The van der Waals surface area contributed by atoms with E-state index < -0.39 is 0 Å². The predicted molar refractivity (Wildman–Crippen MR) is 138 cm³/mol. The van der Waals surface area contributed by atoms with Crippen LogP contribution < -0.4 is 5.48 Å². The topological polar surface area (TPSA) is 59.9 Å². The van der Waals surface area contributed by atoms with Crippen LogP contribution in [0.2, 0.25) is 25.1 Å². The number of oxime groups is 1. The first-order chi connectivity index (χ1) is 16.3. The number of nitrogens with zero attached hydrogens (tertiary/aromatic N) is 1. The third-order valence-corrected chi connectivity index (χ3v) is 5.84. The highest BCUT2D eigenvalue weighted by molar-refractivity contribution is 6.35. The van der Waals surface area contributed by atoms with Crippen LogP contribution in [0, 0.1) is 0 Å². The van der Waals surface area contributed by atoms with E-state index in [9.17, 15) is 4.79 Å². The van der Waals surface area contributed by atoms with Crippen LogP contribution in [0.25, 0.3) is 0 Å². The van der Waals surface area contributed by atoms with Crippen molar-refractivity contribution < 1.29 is 14.5 Å². The number of hydrogen-bond acceptors (Lipinski definition) is 5. The Hall–Kier alpha value is -2.25. The Morgan fingerprint density at radius 2 is 1.35 bits per heavy atom. The molecular weight excluding hydrogens is 542 g/mol. The number of nitrogens with one attached hydrogen (secondary N) is 1. The van der Waals surface area contributed by atoms with Crippen LogP contribution >= 0.6 is 58.0 Å². The van der Waals surface area contributed by atoms with Gasteiger partial charge in [0.15, 0.2) is 5.78 Å². The van der Waals surface area contributed by atoms with E-state index in [1.807, 2.05) is 0 Å². The average molecular weight is 559 g/mol. The zero-order valence-electron chi connectivity index (χ0n) is 17.4. The Kier molecular flexibility index (Phi) is 10.1. The molecule has 176 valence electrons. The minimum atomic E-state index is -0.325. The second-order valence-corrected chi connectivity index (χ2v) is 8.95. The highest BCUT2D eigenvalue weighted by Gasteiger charge is 2.11.